The molecule has 0 unspecified atom stereocenters. The Bertz CT molecular complexity index is 803. The van der Waals surface area contributed by atoms with Crippen LogP contribution in [0.2, 0.25) is 0 Å². The Morgan fingerprint density at radius 1 is 1.03 bits per heavy atom. The molecule has 1 amide bonds. The van der Waals surface area contributed by atoms with E-state index in [0.717, 1.165) is 62.5 Å². The number of nitrogens with one attached hydrogen (secondary N) is 2. The quantitative estimate of drug-likeness (QED) is 0.450. The van der Waals surface area contributed by atoms with E-state index >= 15 is 0 Å². The van der Waals surface area contributed by atoms with Gasteiger partial charge in [0.05, 0.1) is 0 Å². The lowest BCUT2D eigenvalue weighted by molar-refractivity contribution is -0.126. The molecule has 2 aromatic rings. The summed E-state index contributed by atoms with van der Waals surface area (Å²) in [6.07, 6.45) is 5.07. The van der Waals surface area contributed by atoms with E-state index in [1.54, 1.807) is 0 Å². The maximum Gasteiger partial charge on any atom is 0.223 e. The fourth-order valence-electron chi connectivity index (χ4n) is 3.51. The number of piperidine rings is 1. The van der Waals surface area contributed by atoms with Crippen LogP contribution in [0, 0.1) is 5.92 Å². The normalized spacial score (nSPS) is 14.2. The zero-order valence-corrected chi connectivity index (χ0v) is 18.4. The van der Waals surface area contributed by atoms with Gasteiger partial charge >= 0.3 is 0 Å². The number of rotatable bonds is 8. The van der Waals surface area contributed by atoms with Gasteiger partial charge < -0.3 is 20.3 Å². The van der Waals surface area contributed by atoms with Gasteiger partial charge in [0.1, 0.15) is 11.5 Å². The molecule has 0 spiro atoms. The number of benzene rings is 2. The van der Waals surface area contributed by atoms with Crippen LogP contribution in [-0.4, -0.2) is 35.6 Å². The van der Waals surface area contributed by atoms with Crippen molar-refractivity contribution in [2.75, 3.05) is 25.0 Å². The minimum Gasteiger partial charge on any atom is -0.457 e. The van der Waals surface area contributed by atoms with Crippen molar-refractivity contribution in [1.29, 1.82) is 0 Å². The molecule has 5 nitrogen and oxygen atoms in total. The van der Waals surface area contributed by atoms with Crippen molar-refractivity contribution < 1.29 is 9.53 Å². The van der Waals surface area contributed by atoms with E-state index in [1.165, 1.54) is 6.42 Å². The lowest BCUT2D eigenvalue weighted by Gasteiger charge is -2.33. The van der Waals surface area contributed by atoms with E-state index in [2.05, 4.69) is 22.5 Å². The molecule has 1 heterocycles. The molecule has 0 aliphatic carbocycles. The second kappa shape index (κ2) is 11.6. The van der Waals surface area contributed by atoms with E-state index in [4.69, 9.17) is 17.0 Å². The molecule has 1 aliphatic heterocycles. The van der Waals surface area contributed by atoms with Crippen LogP contribution in [0.3, 0.4) is 0 Å². The fourth-order valence-corrected chi connectivity index (χ4v) is 3.81. The highest BCUT2D eigenvalue weighted by Crippen LogP contribution is 2.23. The predicted octanol–water partition coefficient (Wildman–Crippen LogP) is 5.19. The molecule has 30 heavy (non-hydrogen) atoms. The predicted molar refractivity (Wildman–Crippen MR) is 126 cm³/mol. The summed E-state index contributed by atoms with van der Waals surface area (Å²) in [6, 6.07) is 17.5. The summed E-state index contributed by atoms with van der Waals surface area (Å²) in [5.74, 6) is 1.88. The van der Waals surface area contributed by atoms with E-state index in [-0.39, 0.29) is 11.8 Å². The summed E-state index contributed by atoms with van der Waals surface area (Å²) in [5.41, 5.74) is 0.927. The van der Waals surface area contributed by atoms with Crippen LogP contribution < -0.4 is 15.4 Å². The number of unbranched alkanes of at least 4 members (excludes halogenated alkanes) is 2. The third kappa shape index (κ3) is 6.73. The second-order valence-corrected chi connectivity index (χ2v) is 8.02. The number of hydrogen-bond acceptors (Lipinski definition) is 3. The number of para-hydroxylation sites is 1. The van der Waals surface area contributed by atoms with Crippen LogP contribution in [0.25, 0.3) is 0 Å². The molecule has 0 bridgehead atoms. The van der Waals surface area contributed by atoms with Gasteiger partial charge in [0.2, 0.25) is 5.91 Å². The molecule has 3 rings (SSSR count). The molecule has 2 aromatic carbocycles. The fraction of sp³-hybridized carbons (Fsp3) is 0.417. The van der Waals surface area contributed by atoms with Crippen molar-refractivity contribution in [3.8, 4) is 11.5 Å². The zero-order valence-electron chi connectivity index (χ0n) is 17.6. The molecule has 2 N–H and O–H groups in total. The number of thiocarbonyl (C=S) groups is 1. The summed E-state index contributed by atoms with van der Waals surface area (Å²) < 4.78 is 5.82. The first-order valence-electron chi connectivity index (χ1n) is 10.8. The van der Waals surface area contributed by atoms with Gasteiger partial charge in [-0.05, 0) is 67.9 Å². The summed E-state index contributed by atoms with van der Waals surface area (Å²) in [4.78, 5) is 14.4. The minimum absolute atomic E-state index is 0.0973. The third-order valence-corrected chi connectivity index (χ3v) is 5.68. The first-order chi connectivity index (χ1) is 14.7. The molecular formula is C24H31N3O2S. The highest BCUT2D eigenvalue weighted by atomic mass is 32.1. The summed E-state index contributed by atoms with van der Waals surface area (Å²) in [5, 5.41) is 7.07. The molecule has 0 aromatic heterocycles. The highest BCUT2D eigenvalue weighted by Gasteiger charge is 2.25. The smallest absolute Gasteiger partial charge is 0.223 e. The van der Waals surface area contributed by atoms with Crippen LogP contribution in [0.4, 0.5) is 5.69 Å². The molecule has 1 saturated heterocycles. The van der Waals surface area contributed by atoms with E-state index < -0.39 is 0 Å². The molecule has 0 saturated carbocycles. The molecule has 0 atom stereocenters. The van der Waals surface area contributed by atoms with Gasteiger partial charge in [-0.1, -0.05) is 38.0 Å². The first kappa shape index (κ1) is 22.1. The Morgan fingerprint density at radius 2 is 1.70 bits per heavy atom. The number of amides is 1. The Labute approximate surface area is 184 Å². The van der Waals surface area contributed by atoms with E-state index in [0.29, 0.717) is 5.11 Å². The largest absolute Gasteiger partial charge is 0.457 e. The molecular weight excluding hydrogens is 394 g/mol. The number of hydrogen-bond donors (Lipinski definition) is 2. The van der Waals surface area contributed by atoms with Gasteiger partial charge in [0.25, 0.3) is 0 Å². The summed E-state index contributed by atoms with van der Waals surface area (Å²) in [6.45, 7) is 4.56. The number of nitrogens with zero attached hydrogens (tertiary/aromatic N) is 1. The monoisotopic (exact) mass is 425 g/mol. The molecule has 160 valence electrons. The lowest BCUT2D eigenvalue weighted by Crippen LogP contribution is -2.44. The third-order valence-electron chi connectivity index (χ3n) is 5.32. The molecule has 1 fully saturated rings. The number of likely N-dealkylation sites (tertiary alicyclic amines) is 1. The second-order valence-electron chi connectivity index (χ2n) is 7.63. The van der Waals surface area contributed by atoms with Crippen LogP contribution in [-0.2, 0) is 4.79 Å². The van der Waals surface area contributed by atoms with E-state index in [9.17, 15) is 4.79 Å². The SMILES string of the molecule is CCCCCNC(=O)C1CCN(C(=S)Nc2ccc(Oc3ccccc3)cc2)CC1. The Balaban J connectivity index is 1.41. The Hall–Kier alpha value is -2.60. The van der Waals surface area contributed by atoms with Gasteiger partial charge in [-0.25, -0.2) is 0 Å². The van der Waals surface area contributed by atoms with Crippen molar-refractivity contribution in [3.05, 3.63) is 54.6 Å². The van der Waals surface area contributed by atoms with Gasteiger partial charge in [0, 0.05) is 31.2 Å². The van der Waals surface area contributed by atoms with Crippen LogP contribution in [0.15, 0.2) is 54.6 Å². The van der Waals surface area contributed by atoms with Gasteiger partial charge in [-0.2, -0.15) is 0 Å². The summed E-state index contributed by atoms with van der Waals surface area (Å²) >= 11 is 5.58. The average molecular weight is 426 g/mol. The van der Waals surface area contributed by atoms with Crippen molar-refractivity contribution in [1.82, 2.24) is 10.2 Å². The number of anilines is 1. The zero-order chi connectivity index (χ0) is 21.2. The maximum absolute atomic E-state index is 12.3. The molecule has 6 heteroatoms. The van der Waals surface area contributed by atoms with Crippen LogP contribution in [0.1, 0.15) is 39.0 Å². The van der Waals surface area contributed by atoms with Crippen molar-refractivity contribution >= 4 is 28.9 Å². The van der Waals surface area contributed by atoms with Crippen molar-refractivity contribution in [2.45, 2.75) is 39.0 Å². The molecule has 1 aliphatic rings. The Morgan fingerprint density at radius 3 is 2.37 bits per heavy atom. The Kier molecular flexibility index (Phi) is 8.51. The van der Waals surface area contributed by atoms with Crippen molar-refractivity contribution in [3.63, 3.8) is 0 Å². The number of carbonyl (C=O) groups excluding carboxylic acids is 1. The summed E-state index contributed by atoms with van der Waals surface area (Å²) in [7, 11) is 0. The average Bonchev–Trinajstić information content (AvgIpc) is 2.79. The minimum atomic E-state index is 0.0973. The van der Waals surface area contributed by atoms with Gasteiger partial charge in [-0.3, -0.25) is 4.79 Å². The van der Waals surface area contributed by atoms with E-state index in [1.807, 2.05) is 54.6 Å². The standard InChI is InChI=1S/C24H31N3O2S/c1-2-3-7-16-25-23(28)19-14-17-27(18-15-19)24(30)26-20-10-12-22(13-11-20)29-21-8-5-4-6-9-21/h4-6,8-13,19H,2-3,7,14-18H2,1H3,(H,25,28)(H,26,30). The number of ether oxygens (including phenoxy) is 1. The molecule has 0 radical (unpaired) electrons. The first-order valence-corrected chi connectivity index (χ1v) is 11.2. The van der Waals surface area contributed by atoms with Crippen LogP contribution >= 0.6 is 12.2 Å². The van der Waals surface area contributed by atoms with Crippen LogP contribution in [0.5, 0.6) is 11.5 Å². The van der Waals surface area contributed by atoms with Crippen molar-refractivity contribution in [2.24, 2.45) is 5.92 Å². The maximum atomic E-state index is 12.3. The topological polar surface area (TPSA) is 53.6 Å². The lowest BCUT2D eigenvalue weighted by atomic mass is 9.96. The number of carbonyl (C=O) groups is 1. The van der Waals surface area contributed by atoms with Gasteiger partial charge in [0.15, 0.2) is 5.11 Å². The highest BCUT2D eigenvalue weighted by molar-refractivity contribution is 7.80. The van der Waals surface area contributed by atoms with Gasteiger partial charge in [-0.15, -0.1) is 0 Å².